The lowest BCUT2D eigenvalue weighted by Crippen LogP contribution is -1.82. The standard InChI is InChI=1S/C13H10NO/c15-10-4-6-11-5-1-2-7-12(11)13-8-3-9-14-13/h1-9,14H/b6-4+. The molecule has 0 spiro atoms. The maximum absolute atomic E-state index is 10.2. The highest BCUT2D eigenvalue weighted by Gasteiger charge is 2.01. The van der Waals surface area contributed by atoms with Gasteiger partial charge in [-0.15, -0.1) is 0 Å². The predicted molar refractivity (Wildman–Crippen MR) is 61.0 cm³/mol. The van der Waals surface area contributed by atoms with Crippen LogP contribution in [0.25, 0.3) is 17.3 Å². The highest BCUT2D eigenvalue weighted by Crippen LogP contribution is 2.22. The molecule has 0 aliphatic carbocycles. The van der Waals surface area contributed by atoms with Gasteiger partial charge in [0.2, 0.25) is 6.29 Å². The Kier molecular flexibility index (Phi) is 2.79. The van der Waals surface area contributed by atoms with E-state index in [2.05, 4.69) is 4.98 Å². The summed E-state index contributed by atoms with van der Waals surface area (Å²) in [6.07, 6.45) is 6.75. The van der Waals surface area contributed by atoms with Crippen molar-refractivity contribution in [2.24, 2.45) is 0 Å². The van der Waals surface area contributed by atoms with Gasteiger partial charge < -0.3 is 4.98 Å². The summed E-state index contributed by atoms with van der Waals surface area (Å²) in [4.78, 5) is 13.3. The lowest BCUT2D eigenvalue weighted by molar-refractivity contribution is 0.564. The summed E-state index contributed by atoms with van der Waals surface area (Å²) in [7, 11) is 0. The number of hydrogen-bond acceptors (Lipinski definition) is 1. The van der Waals surface area contributed by atoms with Crippen molar-refractivity contribution in [3.63, 3.8) is 0 Å². The lowest BCUT2D eigenvalue weighted by Gasteiger charge is -2.02. The molecule has 0 bridgehead atoms. The lowest BCUT2D eigenvalue weighted by atomic mass is 10.0. The van der Waals surface area contributed by atoms with Crippen molar-refractivity contribution in [3.8, 4) is 11.3 Å². The van der Waals surface area contributed by atoms with Crippen LogP contribution in [0, 0.1) is 0 Å². The molecule has 1 N–H and O–H groups in total. The molecule has 0 aliphatic heterocycles. The van der Waals surface area contributed by atoms with Gasteiger partial charge in [-0.25, -0.2) is 0 Å². The largest absolute Gasteiger partial charge is 0.361 e. The smallest absolute Gasteiger partial charge is 0.225 e. The number of carbonyl (C=O) groups excluding carboxylic acids is 1. The quantitative estimate of drug-likeness (QED) is 0.752. The Morgan fingerprint density at radius 2 is 2.00 bits per heavy atom. The summed E-state index contributed by atoms with van der Waals surface area (Å²) in [5.41, 5.74) is 3.12. The Morgan fingerprint density at radius 3 is 2.73 bits per heavy atom. The topological polar surface area (TPSA) is 32.9 Å². The van der Waals surface area contributed by atoms with Crippen LogP contribution >= 0.6 is 0 Å². The highest BCUT2D eigenvalue weighted by molar-refractivity contribution is 5.80. The summed E-state index contributed by atoms with van der Waals surface area (Å²) >= 11 is 0. The number of hydrogen-bond donors (Lipinski definition) is 1. The molecule has 0 unspecified atom stereocenters. The molecule has 1 heterocycles. The van der Waals surface area contributed by atoms with Crippen molar-refractivity contribution >= 4 is 12.4 Å². The van der Waals surface area contributed by atoms with Gasteiger partial charge in [-0.1, -0.05) is 30.3 Å². The van der Waals surface area contributed by atoms with Gasteiger partial charge >= 0.3 is 0 Å². The molecule has 0 amide bonds. The Labute approximate surface area is 88.3 Å². The third kappa shape index (κ3) is 2.05. The van der Waals surface area contributed by atoms with E-state index in [-0.39, 0.29) is 0 Å². The number of H-pyrrole nitrogens is 1. The normalized spacial score (nSPS) is 10.7. The molecule has 2 rings (SSSR count). The SMILES string of the molecule is O=[C]/C=C/c1ccccc1-c1ccc[nH]1. The highest BCUT2D eigenvalue weighted by atomic mass is 16.1. The Balaban J connectivity index is 2.47. The average molecular weight is 196 g/mol. The molecule has 2 heteroatoms. The fourth-order valence-electron chi connectivity index (χ4n) is 1.51. The van der Waals surface area contributed by atoms with Crippen LogP contribution in [0.5, 0.6) is 0 Å². The van der Waals surface area contributed by atoms with Crippen LogP contribution in [0.15, 0.2) is 48.7 Å². The van der Waals surface area contributed by atoms with Gasteiger partial charge in [0.05, 0.1) is 0 Å². The summed E-state index contributed by atoms with van der Waals surface area (Å²) < 4.78 is 0. The first-order chi connectivity index (χ1) is 7.42. The fourth-order valence-corrected chi connectivity index (χ4v) is 1.51. The van der Waals surface area contributed by atoms with Crippen LogP contribution in [0.1, 0.15) is 5.56 Å². The molecule has 1 aromatic carbocycles. The van der Waals surface area contributed by atoms with Crippen LogP contribution in [-0.4, -0.2) is 11.3 Å². The summed E-state index contributed by atoms with van der Waals surface area (Å²) in [6.45, 7) is 0. The second-order valence-corrected chi connectivity index (χ2v) is 3.12. The first-order valence-electron chi connectivity index (χ1n) is 4.69. The molecule has 0 saturated carbocycles. The van der Waals surface area contributed by atoms with Crippen molar-refractivity contribution in [1.29, 1.82) is 0 Å². The number of allylic oxidation sites excluding steroid dienone is 1. The number of nitrogens with one attached hydrogen (secondary N) is 1. The Hall–Kier alpha value is -2.09. The van der Waals surface area contributed by atoms with Crippen LogP contribution in [0.4, 0.5) is 0 Å². The molecule has 0 atom stereocenters. The number of aromatic nitrogens is 1. The van der Waals surface area contributed by atoms with Crippen LogP contribution in [0.3, 0.4) is 0 Å². The minimum atomic E-state index is 1.00. The van der Waals surface area contributed by atoms with Gasteiger partial charge in [0.1, 0.15) is 0 Å². The number of aromatic amines is 1. The number of benzene rings is 1. The van der Waals surface area contributed by atoms with Crippen molar-refractivity contribution in [2.75, 3.05) is 0 Å². The third-order valence-electron chi connectivity index (χ3n) is 2.18. The van der Waals surface area contributed by atoms with E-state index in [9.17, 15) is 4.79 Å². The van der Waals surface area contributed by atoms with Gasteiger partial charge in [-0.2, -0.15) is 0 Å². The average Bonchev–Trinajstić information content (AvgIpc) is 2.80. The van der Waals surface area contributed by atoms with E-state index in [0.717, 1.165) is 16.8 Å². The van der Waals surface area contributed by atoms with E-state index in [0.29, 0.717) is 0 Å². The Bertz CT molecular complexity index is 469. The van der Waals surface area contributed by atoms with Crippen LogP contribution in [-0.2, 0) is 4.79 Å². The summed E-state index contributed by atoms with van der Waals surface area (Å²) in [5, 5.41) is 0. The predicted octanol–water partition coefficient (Wildman–Crippen LogP) is 2.80. The third-order valence-corrected chi connectivity index (χ3v) is 2.18. The van der Waals surface area contributed by atoms with Crippen molar-refractivity contribution in [3.05, 3.63) is 54.2 Å². The molecule has 0 saturated heterocycles. The molecule has 2 aromatic rings. The minimum Gasteiger partial charge on any atom is -0.361 e. The summed E-state index contributed by atoms with van der Waals surface area (Å²) in [5.74, 6) is 0. The van der Waals surface area contributed by atoms with Crippen molar-refractivity contribution in [2.45, 2.75) is 0 Å². The van der Waals surface area contributed by atoms with E-state index in [1.54, 1.807) is 12.4 Å². The zero-order valence-electron chi connectivity index (χ0n) is 8.10. The molecule has 1 aromatic heterocycles. The van der Waals surface area contributed by atoms with E-state index < -0.39 is 0 Å². The van der Waals surface area contributed by atoms with Crippen molar-refractivity contribution < 1.29 is 4.79 Å². The van der Waals surface area contributed by atoms with Crippen LogP contribution < -0.4 is 0 Å². The second-order valence-electron chi connectivity index (χ2n) is 3.12. The van der Waals surface area contributed by atoms with Crippen LogP contribution in [0.2, 0.25) is 0 Å². The van der Waals surface area contributed by atoms with E-state index in [1.807, 2.05) is 42.6 Å². The first-order valence-corrected chi connectivity index (χ1v) is 4.69. The van der Waals surface area contributed by atoms with Gasteiger partial charge in [-0.05, 0) is 23.8 Å². The Morgan fingerprint density at radius 1 is 1.13 bits per heavy atom. The van der Waals surface area contributed by atoms with Gasteiger partial charge in [-0.3, -0.25) is 4.79 Å². The molecule has 0 aliphatic rings. The first kappa shape index (κ1) is 9.46. The zero-order valence-corrected chi connectivity index (χ0v) is 8.10. The van der Waals surface area contributed by atoms with Gasteiger partial charge in [0.25, 0.3) is 0 Å². The second kappa shape index (κ2) is 4.42. The summed E-state index contributed by atoms with van der Waals surface area (Å²) in [6, 6.07) is 11.8. The molecule has 0 fully saturated rings. The van der Waals surface area contributed by atoms with E-state index >= 15 is 0 Å². The van der Waals surface area contributed by atoms with E-state index in [1.165, 1.54) is 6.08 Å². The molecule has 2 nitrogen and oxygen atoms in total. The molecule has 73 valence electrons. The molecular weight excluding hydrogens is 186 g/mol. The number of rotatable bonds is 3. The molecule has 15 heavy (non-hydrogen) atoms. The maximum atomic E-state index is 10.2. The molecular formula is C13H10NO. The maximum Gasteiger partial charge on any atom is 0.225 e. The van der Waals surface area contributed by atoms with Gasteiger partial charge in [0, 0.05) is 17.5 Å². The van der Waals surface area contributed by atoms with E-state index in [4.69, 9.17) is 0 Å². The monoisotopic (exact) mass is 196 g/mol. The van der Waals surface area contributed by atoms with Crippen molar-refractivity contribution in [1.82, 2.24) is 4.98 Å². The molecule has 1 radical (unpaired) electrons. The van der Waals surface area contributed by atoms with Gasteiger partial charge in [0.15, 0.2) is 0 Å². The minimum absolute atomic E-state index is 1.00. The fraction of sp³-hybridized carbons (Fsp3) is 0. The zero-order chi connectivity index (χ0) is 10.5.